The maximum atomic E-state index is 8.86. The average Bonchev–Trinajstić information content (AvgIpc) is 2.56. The van der Waals surface area contributed by atoms with Crippen molar-refractivity contribution in [3.05, 3.63) is 23.8 Å². The third kappa shape index (κ3) is 2.07. The lowest BCUT2D eigenvalue weighted by Gasteiger charge is -2.09. The third-order valence-electron chi connectivity index (χ3n) is 2.81. The maximum absolute atomic E-state index is 8.86. The van der Waals surface area contributed by atoms with Crippen LogP contribution in [0, 0.1) is 0 Å². The van der Waals surface area contributed by atoms with Crippen molar-refractivity contribution in [3.8, 4) is 0 Å². The molecule has 0 saturated heterocycles. The molecule has 4 heteroatoms. The number of fused-ring (bicyclic) bond motifs is 1. The first kappa shape index (κ1) is 11.1. The SMILES string of the molecule is CCC1OB(C)c2cc(SCO)ccc21. The molecule has 1 aromatic carbocycles. The van der Waals surface area contributed by atoms with Crippen LogP contribution in [0.1, 0.15) is 25.0 Å². The summed E-state index contributed by atoms with van der Waals surface area (Å²) in [7, 11) is 0. The van der Waals surface area contributed by atoms with E-state index in [0.717, 1.165) is 11.3 Å². The quantitative estimate of drug-likeness (QED) is 0.482. The molecule has 0 saturated carbocycles. The van der Waals surface area contributed by atoms with Gasteiger partial charge in [-0.2, -0.15) is 0 Å². The summed E-state index contributed by atoms with van der Waals surface area (Å²) in [4.78, 5) is 1.11. The van der Waals surface area contributed by atoms with Crippen LogP contribution in [0.15, 0.2) is 23.1 Å². The lowest BCUT2D eigenvalue weighted by molar-refractivity contribution is 0.221. The molecule has 1 aromatic rings. The molecular weight excluding hydrogens is 207 g/mol. The number of rotatable bonds is 3. The fourth-order valence-corrected chi connectivity index (χ4v) is 2.60. The van der Waals surface area contributed by atoms with Crippen molar-refractivity contribution in [2.75, 3.05) is 5.94 Å². The van der Waals surface area contributed by atoms with E-state index in [-0.39, 0.29) is 19.0 Å². The summed E-state index contributed by atoms with van der Waals surface area (Å²) in [6.45, 7) is 4.41. The zero-order chi connectivity index (χ0) is 10.8. The topological polar surface area (TPSA) is 29.5 Å². The Labute approximate surface area is 95.1 Å². The molecule has 2 nitrogen and oxygen atoms in total. The fourth-order valence-electron chi connectivity index (χ4n) is 2.07. The van der Waals surface area contributed by atoms with E-state index in [9.17, 15) is 0 Å². The van der Waals surface area contributed by atoms with Crippen LogP contribution < -0.4 is 5.46 Å². The summed E-state index contributed by atoms with van der Waals surface area (Å²) < 4.78 is 5.84. The molecule has 0 radical (unpaired) electrons. The Morgan fingerprint density at radius 3 is 3.00 bits per heavy atom. The summed E-state index contributed by atoms with van der Waals surface area (Å²) in [5.74, 6) is 0.130. The van der Waals surface area contributed by atoms with Crippen molar-refractivity contribution < 1.29 is 9.76 Å². The lowest BCUT2D eigenvalue weighted by atomic mass is 9.64. The van der Waals surface area contributed by atoms with Crippen molar-refractivity contribution in [3.63, 3.8) is 0 Å². The molecule has 0 fully saturated rings. The van der Waals surface area contributed by atoms with E-state index in [2.05, 4.69) is 31.9 Å². The van der Waals surface area contributed by atoms with Crippen LogP contribution in [-0.4, -0.2) is 18.0 Å². The van der Waals surface area contributed by atoms with Gasteiger partial charge in [-0.05, 0) is 23.5 Å². The van der Waals surface area contributed by atoms with Crippen LogP contribution in [0.4, 0.5) is 0 Å². The minimum Gasteiger partial charge on any atom is -0.424 e. The summed E-state index contributed by atoms with van der Waals surface area (Å²) in [5.41, 5.74) is 2.59. The van der Waals surface area contributed by atoms with Crippen LogP contribution >= 0.6 is 11.8 Å². The predicted molar refractivity (Wildman–Crippen MR) is 64.8 cm³/mol. The van der Waals surface area contributed by atoms with Crippen LogP contribution in [-0.2, 0) is 4.65 Å². The largest absolute Gasteiger partial charge is 0.424 e. The van der Waals surface area contributed by atoms with Crippen molar-refractivity contribution in [2.45, 2.75) is 31.2 Å². The number of benzene rings is 1. The molecule has 0 amide bonds. The highest BCUT2D eigenvalue weighted by Gasteiger charge is 2.30. The molecule has 0 aromatic heterocycles. The first-order chi connectivity index (χ1) is 7.26. The minimum atomic E-state index is 0.130. The van der Waals surface area contributed by atoms with Crippen molar-refractivity contribution >= 4 is 24.1 Å². The van der Waals surface area contributed by atoms with E-state index >= 15 is 0 Å². The molecule has 0 spiro atoms. The molecule has 1 aliphatic heterocycles. The summed E-state index contributed by atoms with van der Waals surface area (Å²) >= 11 is 1.45. The smallest absolute Gasteiger partial charge is 0.324 e. The number of aliphatic hydroxyl groups is 1. The highest BCUT2D eigenvalue weighted by atomic mass is 32.2. The van der Waals surface area contributed by atoms with Gasteiger partial charge in [-0.25, -0.2) is 0 Å². The fraction of sp³-hybridized carbons (Fsp3) is 0.455. The number of aliphatic hydroxyl groups excluding tert-OH is 1. The van der Waals surface area contributed by atoms with Gasteiger partial charge in [0.15, 0.2) is 0 Å². The zero-order valence-electron chi connectivity index (χ0n) is 9.06. The molecule has 0 aliphatic carbocycles. The van der Waals surface area contributed by atoms with E-state index < -0.39 is 0 Å². The van der Waals surface area contributed by atoms with E-state index in [1.54, 1.807) is 0 Å². The first-order valence-corrected chi connectivity index (χ1v) is 6.27. The minimum absolute atomic E-state index is 0.130. The molecule has 0 bridgehead atoms. The summed E-state index contributed by atoms with van der Waals surface area (Å²) in [6, 6.07) is 6.32. The van der Waals surface area contributed by atoms with Crippen molar-refractivity contribution in [2.24, 2.45) is 0 Å². The number of hydrogen-bond acceptors (Lipinski definition) is 3. The Bertz CT molecular complexity index is 356. The van der Waals surface area contributed by atoms with Crippen LogP contribution in [0.5, 0.6) is 0 Å². The van der Waals surface area contributed by atoms with Gasteiger partial charge in [0.05, 0.1) is 12.0 Å². The molecule has 1 N–H and O–H groups in total. The van der Waals surface area contributed by atoms with E-state index in [4.69, 9.17) is 9.76 Å². The van der Waals surface area contributed by atoms with Crippen LogP contribution in [0.3, 0.4) is 0 Å². The van der Waals surface area contributed by atoms with Crippen LogP contribution in [0.2, 0.25) is 6.82 Å². The average molecular weight is 222 g/mol. The standard InChI is InChI=1S/C11H15BO2S/c1-3-11-9-5-4-8(15-7-13)6-10(9)12(2)14-11/h4-6,11,13H,3,7H2,1-2H3. The van der Waals surface area contributed by atoms with Gasteiger partial charge < -0.3 is 9.76 Å². The van der Waals surface area contributed by atoms with Gasteiger partial charge in [-0.3, -0.25) is 0 Å². The number of thioether (sulfide) groups is 1. The van der Waals surface area contributed by atoms with Gasteiger partial charge in [0.25, 0.3) is 0 Å². The second kappa shape index (κ2) is 4.60. The van der Waals surface area contributed by atoms with Gasteiger partial charge in [0, 0.05) is 4.90 Å². The third-order valence-corrected chi connectivity index (χ3v) is 3.53. The highest BCUT2D eigenvalue weighted by molar-refractivity contribution is 7.99. The van der Waals surface area contributed by atoms with Gasteiger partial charge in [0.2, 0.25) is 0 Å². The van der Waals surface area contributed by atoms with E-state index in [1.165, 1.54) is 22.8 Å². The molecule has 1 heterocycles. The Morgan fingerprint density at radius 1 is 1.53 bits per heavy atom. The summed E-state index contributed by atoms with van der Waals surface area (Å²) in [5, 5.41) is 8.86. The molecule has 2 rings (SSSR count). The van der Waals surface area contributed by atoms with Gasteiger partial charge in [-0.1, -0.05) is 37.6 Å². The molecule has 1 unspecified atom stereocenters. The molecule has 1 atom stereocenters. The maximum Gasteiger partial charge on any atom is 0.324 e. The van der Waals surface area contributed by atoms with E-state index in [0.29, 0.717) is 0 Å². The predicted octanol–water partition coefficient (Wildman–Crippen LogP) is 2.04. The highest BCUT2D eigenvalue weighted by Crippen LogP contribution is 2.29. The normalized spacial score (nSPS) is 19.4. The monoisotopic (exact) mass is 222 g/mol. The van der Waals surface area contributed by atoms with Crippen LogP contribution in [0.25, 0.3) is 0 Å². The van der Waals surface area contributed by atoms with Gasteiger partial charge in [0.1, 0.15) is 0 Å². The Balaban J connectivity index is 2.32. The second-order valence-corrected chi connectivity index (χ2v) is 4.76. The lowest BCUT2D eigenvalue weighted by Crippen LogP contribution is -2.24. The van der Waals surface area contributed by atoms with Crippen molar-refractivity contribution in [1.82, 2.24) is 0 Å². The molecule has 15 heavy (non-hydrogen) atoms. The summed E-state index contributed by atoms with van der Waals surface area (Å²) in [6.07, 6.45) is 1.27. The Hall–Kier alpha value is -0.445. The first-order valence-electron chi connectivity index (χ1n) is 5.29. The number of hydrogen-bond donors (Lipinski definition) is 1. The van der Waals surface area contributed by atoms with E-state index in [1.807, 2.05) is 0 Å². The molecule has 1 aliphatic rings. The zero-order valence-corrected chi connectivity index (χ0v) is 9.88. The Kier molecular flexibility index (Phi) is 3.39. The van der Waals surface area contributed by atoms with Crippen molar-refractivity contribution in [1.29, 1.82) is 0 Å². The van der Waals surface area contributed by atoms with Gasteiger partial charge in [-0.15, -0.1) is 0 Å². The second-order valence-electron chi connectivity index (χ2n) is 3.74. The Morgan fingerprint density at radius 2 is 2.33 bits per heavy atom. The van der Waals surface area contributed by atoms with Gasteiger partial charge >= 0.3 is 6.92 Å². The molecular formula is C11H15BO2S. The molecule has 80 valence electrons.